The maximum atomic E-state index is 12.6. The normalized spacial score (nSPS) is 11.3. The number of anilines is 1. The van der Waals surface area contributed by atoms with Crippen molar-refractivity contribution in [2.45, 2.75) is 4.90 Å². The van der Waals surface area contributed by atoms with Gasteiger partial charge in [0.2, 0.25) is 0 Å². The summed E-state index contributed by atoms with van der Waals surface area (Å²) in [7, 11) is -2.91. The number of carbonyl (C=O) groups is 2. The number of ether oxygens (including phenoxy) is 1. The van der Waals surface area contributed by atoms with E-state index >= 15 is 0 Å². The van der Waals surface area contributed by atoms with Gasteiger partial charge in [-0.05, 0) is 34.1 Å². The zero-order valence-electron chi connectivity index (χ0n) is 13.0. The molecular weight excluding hydrogens is 466 g/mol. The lowest BCUT2D eigenvalue weighted by Crippen LogP contribution is -2.34. The number of nitrogens with one attached hydrogen (secondary N) is 2. The van der Waals surface area contributed by atoms with Gasteiger partial charge in [-0.1, -0.05) is 11.3 Å². The number of fused-ring (bicyclic) bond motifs is 1. The molecule has 136 valence electrons. The first-order valence-corrected chi connectivity index (χ1v) is 10.8. The molecule has 2 N–H and O–H groups in total. The van der Waals surface area contributed by atoms with Gasteiger partial charge in [0.25, 0.3) is 10.0 Å². The van der Waals surface area contributed by atoms with Crippen LogP contribution in [-0.4, -0.2) is 32.5 Å². The number of rotatable bonds is 4. The number of sulfonamides is 1. The number of nitrogens with zero attached hydrogens (tertiary/aromatic N) is 1. The van der Waals surface area contributed by atoms with Gasteiger partial charge in [-0.3, -0.25) is 5.32 Å². The van der Waals surface area contributed by atoms with E-state index < -0.39 is 22.0 Å². The topological polar surface area (TPSA) is 114 Å². The minimum atomic E-state index is -4.14. The first-order valence-electron chi connectivity index (χ1n) is 6.85. The van der Waals surface area contributed by atoms with Crippen molar-refractivity contribution >= 4 is 75.8 Å². The van der Waals surface area contributed by atoms with E-state index in [1.807, 2.05) is 4.72 Å². The highest BCUT2D eigenvalue weighted by Gasteiger charge is 2.23. The van der Waals surface area contributed by atoms with Crippen molar-refractivity contribution in [3.8, 4) is 0 Å². The lowest BCUT2D eigenvalue weighted by Gasteiger charge is -2.07. The molecule has 0 aliphatic heterocycles. The van der Waals surface area contributed by atoms with Crippen LogP contribution in [0, 0.1) is 0 Å². The third-order valence-corrected chi connectivity index (χ3v) is 7.05. The number of esters is 1. The molecule has 0 aliphatic carbocycles. The second-order valence-corrected chi connectivity index (χ2v) is 9.80. The molecule has 0 saturated carbocycles. The fraction of sp³-hybridized carbons (Fsp3) is 0.0714. The first-order chi connectivity index (χ1) is 12.3. The highest BCUT2D eigenvalue weighted by atomic mass is 79.9. The van der Waals surface area contributed by atoms with E-state index in [0.717, 1.165) is 11.3 Å². The van der Waals surface area contributed by atoms with Gasteiger partial charge in [-0.15, -0.1) is 11.3 Å². The lowest BCUT2D eigenvalue weighted by atomic mass is 10.2. The number of urea groups is 1. The molecule has 12 heteroatoms. The number of hydrogen-bond acceptors (Lipinski definition) is 8. The molecule has 0 radical (unpaired) electrons. The summed E-state index contributed by atoms with van der Waals surface area (Å²) < 4.78 is 33.0. The minimum absolute atomic E-state index is 0.0984. The molecule has 2 aromatic heterocycles. The van der Waals surface area contributed by atoms with Crippen LogP contribution in [-0.2, 0) is 14.8 Å². The highest BCUT2D eigenvalue weighted by molar-refractivity contribution is 9.11. The summed E-state index contributed by atoms with van der Waals surface area (Å²) in [5.74, 6) is -0.582. The second kappa shape index (κ2) is 7.31. The van der Waals surface area contributed by atoms with E-state index in [2.05, 4.69) is 31.0 Å². The molecule has 0 fully saturated rings. The summed E-state index contributed by atoms with van der Waals surface area (Å²) in [5.41, 5.74) is 0.215. The largest absolute Gasteiger partial charge is 0.465 e. The summed E-state index contributed by atoms with van der Waals surface area (Å²) in [6.45, 7) is 0. The van der Waals surface area contributed by atoms with Crippen LogP contribution in [0.25, 0.3) is 10.1 Å². The summed E-state index contributed by atoms with van der Waals surface area (Å²) >= 11 is 5.52. The van der Waals surface area contributed by atoms with E-state index in [1.165, 1.54) is 36.1 Å². The van der Waals surface area contributed by atoms with Crippen molar-refractivity contribution in [1.82, 2.24) is 9.71 Å². The van der Waals surface area contributed by atoms with Crippen LogP contribution in [0.15, 0.2) is 38.5 Å². The predicted octanol–water partition coefficient (Wildman–Crippen LogP) is 3.42. The molecule has 0 atom stereocenters. The molecule has 0 aliphatic rings. The molecule has 1 aromatic carbocycles. The maximum absolute atomic E-state index is 12.6. The summed E-state index contributed by atoms with van der Waals surface area (Å²) in [4.78, 5) is 27.4. The molecule has 0 saturated heterocycles. The van der Waals surface area contributed by atoms with Gasteiger partial charge in [0.1, 0.15) is 4.90 Å². The molecule has 3 aromatic rings. The van der Waals surface area contributed by atoms with Gasteiger partial charge in [0.05, 0.1) is 22.7 Å². The first kappa shape index (κ1) is 18.8. The van der Waals surface area contributed by atoms with Gasteiger partial charge in [-0.2, -0.15) is 0 Å². The number of benzene rings is 1. The van der Waals surface area contributed by atoms with Crippen LogP contribution < -0.4 is 10.0 Å². The molecule has 0 bridgehead atoms. The van der Waals surface area contributed by atoms with Crippen LogP contribution in [0.4, 0.5) is 9.93 Å². The van der Waals surface area contributed by atoms with Crippen molar-refractivity contribution in [2.75, 3.05) is 12.4 Å². The molecular formula is C14H10BrN3O5S3. The third-order valence-electron chi connectivity index (χ3n) is 3.17. The lowest BCUT2D eigenvalue weighted by molar-refractivity contribution is 0.0601. The SMILES string of the molecule is COC(=O)c1ccc2scc(S(=O)(=O)NC(=O)Nc3ncc(Br)s3)c2c1. The molecule has 8 nitrogen and oxygen atoms in total. The smallest absolute Gasteiger partial charge is 0.337 e. The predicted molar refractivity (Wildman–Crippen MR) is 102 cm³/mol. The van der Waals surface area contributed by atoms with E-state index in [1.54, 1.807) is 12.1 Å². The fourth-order valence-corrected chi connectivity index (χ4v) is 5.55. The van der Waals surface area contributed by atoms with Crippen molar-refractivity contribution in [2.24, 2.45) is 0 Å². The van der Waals surface area contributed by atoms with Gasteiger partial charge >= 0.3 is 12.0 Å². The summed E-state index contributed by atoms with van der Waals surface area (Å²) in [5, 5.41) is 4.32. The zero-order valence-corrected chi connectivity index (χ0v) is 17.0. The van der Waals surface area contributed by atoms with Crippen LogP contribution in [0.3, 0.4) is 0 Å². The van der Waals surface area contributed by atoms with E-state index in [4.69, 9.17) is 0 Å². The van der Waals surface area contributed by atoms with Crippen LogP contribution >= 0.6 is 38.6 Å². The molecule has 0 spiro atoms. The number of thiazole rings is 1. The Labute approximate surface area is 164 Å². The Morgan fingerprint density at radius 1 is 1.31 bits per heavy atom. The molecule has 3 rings (SSSR count). The summed E-state index contributed by atoms with van der Waals surface area (Å²) in [6, 6.07) is 3.65. The highest BCUT2D eigenvalue weighted by Crippen LogP contribution is 2.30. The number of methoxy groups -OCH3 is 1. The molecule has 0 unspecified atom stereocenters. The van der Waals surface area contributed by atoms with Crippen molar-refractivity contribution in [3.05, 3.63) is 39.1 Å². The van der Waals surface area contributed by atoms with Crippen LogP contribution in [0.2, 0.25) is 0 Å². The zero-order chi connectivity index (χ0) is 18.9. The van der Waals surface area contributed by atoms with E-state index in [0.29, 0.717) is 13.9 Å². The number of thiophene rings is 1. The third kappa shape index (κ3) is 3.87. The van der Waals surface area contributed by atoms with Gasteiger partial charge in [0.15, 0.2) is 5.13 Å². The van der Waals surface area contributed by atoms with E-state index in [-0.39, 0.29) is 15.6 Å². The summed E-state index contributed by atoms with van der Waals surface area (Å²) in [6.07, 6.45) is 1.48. The van der Waals surface area contributed by atoms with Crippen molar-refractivity contribution in [3.63, 3.8) is 0 Å². The van der Waals surface area contributed by atoms with Crippen LogP contribution in [0.1, 0.15) is 10.4 Å². The number of hydrogen-bond donors (Lipinski definition) is 2. The van der Waals surface area contributed by atoms with E-state index in [9.17, 15) is 18.0 Å². The standard InChI is InChI=1S/C14H10BrN3O5S3/c1-23-12(19)7-2-3-9-8(4-7)10(6-24-9)26(21,22)18-13(20)17-14-16-5-11(15)25-14/h2-6H,1H3,(H2,16,17,18,20). The Hall–Kier alpha value is -2.02. The van der Waals surface area contributed by atoms with Gasteiger partial charge in [-0.25, -0.2) is 27.7 Å². The molecule has 2 amide bonds. The molecule has 2 heterocycles. The average molecular weight is 476 g/mol. The quantitative estimate of drug-likeness (QED) is 0.558. The fourth-order valence-electron chi connectivity index (χ4n) is 2.07. The maximum Gasteiger partial charge on any atom is 0.337 e. The minimum Gasteiger partial charge on any atom is -0.465 e. The van der Waals surface area contributed by atoms with Gasteiger partial charge < -0.3 is 4.74 Å². The monoisotopic (exact) mass is 475 g/mol. The number of aromatic nitrogens is 1. The second-order valence-electron chi connectivity index (χ2n) is 4.83. The number of halogens is 1. The van der Waals surface area contributed by atoms with Crippen molar-refractivity contribution < 1.29 is 22.7 Å². The Bertz CT molecular complexity index is 1110. The Kier molecular flexibility index (Phi) is 5.27. The Morgan fingerprint density at radius 2 is 2.08 bits per heavy atom. The molecule has 26 heavy (non-hydrogen) atoms. The van der Waals surface area contributed by atoms with Gasteiger partial charge in [0, 0.05) is 15.5 Å². The number of amides is 2. The number of carbonyl (C=O) groups excluding carboxylic acids is 2. The average Bonchev–Trinajstić information content (AvgIpc) is 3.19. The van der Waals surface area contributed by atoms with Crippen molar-refractivity contribution in [1.29, 1.82) is 0 Å². The Balaban J connectivity index is 1.88. The Morgan fingerprint density at radius 3 is 2.73 bits per heavy atom. The van der Waals surface area contributed by atoms with Crippen LogP contribution in [0.5, 0.6) is 0 Å².